The van der Waals surface area contributed by atoms with Gasteiger partial charge in [-0.15, -0.1) is 0 Å². The summed E-state index contributed by atoms with van der Waals surface area (Å²) in [6, 6.07) is 7.89. The fourth-order valence-corrected chi connectivity index (χ4v) is 3.81. The molecule has 0 radical (unpaired) electrons. The van der Waals surface area contributed by atoms with Crippen LogP contribution in [0.4, 0.5) is 0 Å². The molecule has 1 amide bonds. The van der Waals surface area contributed by atoms with E-state index in [1.54, 1.807) is 10.8 Å². The number of benzene rings is 1. The van der Waals surface area contributed by atoms with Crippen LogP contribution in [0.5, 0.6) is 0 Å². The lowest BCUT2D eigenvalue weighted by atomic mass is 9.98. The quantitative estimate of drug-likeness (QED) is 0.731. The first-order valence-corrected chi connectivity index (χ1v) is 10.4. The molecule has 1 aliphatic rings. The van der Waals surface area contributed by atoms with Crippen molar-refractivity contribution in [3.8, 4) is 11.3 Å². The molecule has 1 aromatic heterocycles. The van der Waals surface area contributed by atoms with Gasteiger partial charge in [0.25, 0.3) is 5.91 Å². The lowest BCUT2D eigenvalue weighted by Crippen LogP contribution is -2.42. The van der Waals surface area contributed by atoms with Gasteiger partial charge in [-0.05, 0) is 32.6 Å². The molecule has 0 aliphatic carbocycles. The van der Waals surface area contributed by atoms with Gasteiger partial charge in [-0.2, -0.15) is 0 Å². The molecule has 6 nitrogen and oxygen atoms in total. The molecule has 0 bridgehead atoms. The zero-order valence-corrected chi connectivity index (χ0v) is 17.9. The second-order valence-corrected chi connectivity index (χ2v) is 7.90. The number of carbonyl (C=O) groups excluding carboxylic acids is 2. The van der Waals surface area contributed by atoms with Gasteiger partial charge in [0.1, 0.15) is 12.4 Å². The van der Waals surface area contributed by atoms with Crippen LogP contribution in [0.25, 0.3) is 11.3 Å². The minimum absolute atomic E-state index is 0.0251. The first kappa shape index (κ1) is 21.2. The number of ether oxygens (including phenoxy) is 1. The molecular weight excluding hydrogens is 366 g/mol. The van der Waals surface area contributed by atoms with E-state index in [-0.39, 0.29) is 30.4 Å². The van der Waals surface area contributed by atoms with E-state index in [4.69, 9.17) is 9.72 Å². The summed E-state index contributed by atoms with van der Waals surface area (Å²) in [5.74, 6) is 0.571. The molecular formula is C23H31N3O3. The topological polar surface area (TPSA) is 64.4 Å². The summed E-state index contributed by atoms with van der Waals surface area (Å²) in [5.41, 5.74) is 2.86. The highest BCUT2D eigenvalue weighted by molar-refractivity contribution is 5.83. The van der Waals surface area contributed by atoms with Crippen LogP contribution in [0.3, 0.4) is 0 Å². The van der Waals surface area contributed by atoms with E-state index in [2.05, 4.69) is 0 Å². The third-order valence-electron chi connectivity index (χ3n) is 5.73. The molecule has 0 spiro atoms. The highest BCUT2D eigenvalue weighted by Gasteiger charge is 2.34. The number of aryl methyl sites for hydroxylation is 1. The molecule has 1 saturated heterocycles. The Labute approximate surface area is 172 Å². The minimum Gasteiger partial charge on any atom is -0.375 e. The van der Waals surface area contributed by atoms with E-state index in [0.29, 0.717) is 12.4 Å². The Morgan fingerprint density at radius 3 is 2.62 bits per heavy atom. The molecule has 6 heteroatoms. The van der Waals surface area contributed by atoms with E-state index >= 15 is 0 Å². The van der Waals surface area contributed by atoms with E-state index in [0.717, 1.165) is 36.9 Å². The van der Waals surface area contributed by atoms with Crippen LogP contribution < -0.4 is 0 Å². The fourth-order valence-electron chi connectivity index (χ4n) is 3.81. The van der Waals surface area contributed by atoms with Crippen LogP contribution in [-0.2, 0) is 9.53 Å². The number of amides is 1. The number of nitrogens with zero attached hydrogens (tertiary/aromatic N) is 3. The Hall–Kier alpha value is -2.47. The van der Waals surface area contributed by atoms with Crippen LogP contribution in [0.15, 0.2) is 30.5 Å². The number of carbonyl (C=O) groups is 2. The van der Waals surface area contributed by atoms with E-state index in [1.165, 1.54) is 12.7 Å². The normalized spacial score (nSPS) is 17.9. The summed E-state index contributed by atoms with van der Waals surface area (Å²) in [7, 11) is 1.51. The van der Waals surface area contributed by atoms with E-state index in [9.17, 15) is 9.59 Å². The van der Waals surface area contributed by atoms with Crippen LogP contribution in [0.1, 0.15) is 61.8 Å². The SMILES string of the molecule is CCC(C)C(=O)N1CCCCC1c1nc(-c2ccc(C)cc2)cn1C(=O)COC. The maximum absolute atomic E-state index is 13.0. The van der Waals surface area contributed by atoms with Gasteiger partial charge in [-0.1, -0.05) is 43.7 Å². The molecule has 2 unspecified atom stereocenters. The molecule has 2 aromatic rings. The summed E-state index contributed by atoms with van der Waals surface area (Å²) in [6.07, 6.45) is 5.39. The molecule has 1 fully saturated rings. The van der Waals surface area contributed by atoms with Gasteiger partial charge in [0, 0.05) is 31.3 Å². The van der Waals surface area contributed by atoms with Gasteiger partial charge in [0.2, 0.25) is 5.91 Å². The van der Waals surface area contributed by atoms with Crippen molar-refractivity contribution in [2.45, 2.75) is 52.5 Å². The van der Waals surface area contributed by atoms with Gasteiger partial charge in [0.05, 0.1) is 11.7 Å². The third-order valence-corrected chi connectivity index (χ3v) is 5.73. The number of hydrogen-bond acceptors (Lipinski definition) is 4. The summed E-state index contributed by atoms with van der Waals surface area (Å²) in [6.45, 7) is 6.71. The Bertz CT molecular complexity index is 857. The fraction of sp³-hybridized carbons (Fsp3) is 0.522. The number of methoxy groups -OCH3 is 1. The highest BCUT2D eigenvalue weighted by Crippen LogP contribution is 2.33. The van der Waals surface area contributed by atoms with Crippen molar-refractivity contribution < 1.29 is 14.3 Å². The van der Waals surface area contributed by atoms with Crippen molar-refractivity contribution >= 4 is 11.8 Å². The molecule has 1 aromatic carbocycles. The van der Waals surface area contributed by atoms with Crippen LogP contribution in [0.2, 0.25) is 0 Å². The molecule has 2 atom stereocenters. The lowest BCUT2D eigenvalue weighted by Gasteiger charge is -2.36. The van der Waals surface area contributed by atoms with Gasteiger partial charge in [-0.3, -0.25) is 14.2 Å². The van der Waals surface area contributed by atoms with Crippen LogP contribution >= 0.6 is 0 Å². The van der Waals surface area contributed by atoms with E-state index < -0.39 is 0 Å². The summed E-state index contributed by atoms with van der Waals surface area (Å²) >= 11 is 0. The predicted octanol–water partition coefficient (Wildman–Crippen LogP) is 4.24. The average Bonchev–Trinajstić information content (AvgIpc) is 3.18. The predicted molar refractivity (Wildman–Crippen MR) is 113 cm³/mol. The molecule has 29 heavy (non-hydrogen) atoms. The van der Waals surface area contributed by atoms with Gasteiger partial charge in [0.15, 0.2) is 0 Å². The average molecular weight is 398 g/mol. The van der Waals surface area contributed by atoms with Crippen molar-refractivity contribution in [2.24, 2.45) is 5.92 Å². The highest BCUT2D eigenvalue weighted by atomic mass is 16.5. The van der Waals surface area contributed by atoms with Crippen LogP contribution in [-0.4, -0.2) is 46.5 Å². The Morgan fingerprint density at radius 2 is 1.97 bits per heavy atom. The molecule has 0 N–H and O–H groups in total. The summed E-state index contributed by atoms with van der Waals surface area (Å²) in [4.78, 5) is 32.6. The number of hydrogen-bond donors (Lipinski definition) is 0. The number of rotatable bonds is 6. The smallest absolute Gasteiger partial charge is 0.258 e. The Kier molecular flexibility index (Phi) is 6.85. The number of piperidine rings is 1. The van der Waals surface area contributed by atoms with Crippen molar-refractivity contribution in [3.05, 3.63) is 41.9 Å². The van der Waals surface area contributed by atoms with Crippen molar-refractivity contribution in [3.63, 3.8) is 0 Å². The molecule has 3 rings (SSSR count). The summed E-state index contributed by atoms with van der Waals surface area (Å²) < 4.78 is 6.67. The number of imidazole rings is 1. The monoisotopic (exact) mass is 397 g/mol. The molecule has 2 heterocycles. The molecule has 1 aliphatic heterocycles. The van der Waals surface area contributed by atoms with Gasteiger partial charge >= 0.3 is 0 Å². The zero-order valence-electron chi connectivity index (χ0n) is 17.9. The largest absolute Gasteiger partial charge is 0.375 e. The van der Waals surface area contributed by atoms with Crippen molar-refractivity contribution in [1.82, 2.24) is 14.5 Å². The molecule has 0 saturated carbocycles. The van der Waals surface area contributed by atoms with Crippen LogP contribution in [0, 0.1) is 12.8 Å². The number of aromatic nitrogens is 2. The van der Waals surface area contributed by atoms with Crippen molar-refractivity contribution in [2.75, 3.05) is 20.3 Å². The maximum Gasteiger partial charge on any atom is 0.258 e. The molecule has 156 valence electrons. The summed E-state index contributed by atoms with van der Waals surface area (Å²) in [5, 5.41) is 0. The first-order chi connectivity index (χ1) is 14.0. The minimum atomic E-state index is -0.190. The second-order valence-electron chi connectivity index (χ2n) is 7.90. The second kappa shape index (κ2) is 9.35. The standard InChI is InChI=1S/C23H31N3O3/c1-5-17(3)23(28)25-13-7-6-8-20(25)22-24-19(14-26(22)21(27)15-29-4)18-11-9-16(2)10-12-18/h9-12,14,17,20H,5-8,13,15H2,1-4H3. The Morgan fingerprint density at radius 1 is 1.24 bits per heavy atom. The van der Waals surface area contributed by atoms with Gasteiger partial charge in [-0.25, -0.2) is 4.98 Å². The van der Waals surface area contributed by atoms with Crippen molar-refractivity contribution in [1.29, 1.82) is 0 Å². The maximum atomic E-state index is 13.0. The van der Waals surface area contributed by atoms with E-state index in [1.807, 2.05) is 49.9 Å². The third kappa shape index (κ3) is 4.58. The zero-order chi connectivity index (χ0) is 21.0. The Balaban J connectivity index is 2.03. The number of likely N-dealkylation sites (tertiary alicyclic amines) is 1. The lowest BCUT2D eigenvalue weighted by molar-refractivity contribution is -0.139. The first-order valence-electron chi connectivity index (χ1n) is 10.4. The van der Waals surface area contributed by atoms with Gasteiger partial charge < -0.3 is 9.64 Å².